The Morgan fingerprint density at radius 2 is 1.81 bits per heavy atom. The van der Waals surface area contributed by atoms with Crippen molar-refractivity contribution in [2.45, 2.75) is 6.36 Å². The smallest absolute Gasteiger partial charge is 0.406 e. The zero-order chi connectivity index (χ0) is 23.0. The molecule has 13 heteroatoms. The number of halogens is 5. The van der Waals surface area contributed by atoms with Crippen molar-refractivity contribution in [3.05, 3.63) is 70.6 Å². The molecule has 2 aromatic rings. The highest BCUT2D eigenvalue weighted by Gasteiger charge is 2.32. The van der Waals surface area contributed by atoms with E-state index in [1.807, 2.05) is 0 Å². The van der Waals surface area contributed by atoms with E-state index < -0.39 is 34.0 Å². The van der Waals surface area contributed by atoms with Gasteiger partial charge in [-0.1, -0.05) is 11.6 Å². The number of nitrogens with zero attached hydrogens (tertiary/aromatic N) is 2. The first-order valence-electron chi connectivity index (χ1n) is 8.29. The van der Waals surface area contributed by atoms with Crippen molar-refractivity contribution >= 4 is 39.1 Å². The van der Waals surface area contributed by atoms with Crippen LogP contribution in [0, 0.1) is 5.82 Å². The van der Waals surface area contributed by atoms with Gasteiger partial charge in [-0.15, -0.1) is 17.6 Å². The summed E-state index contributed by atoms with van der Waals surface area (Å²) in [5.41, 5.74) is -0.276. The maximum Gasteiger partial charge on any atom is 0.573 e. The molecular formula is C18H12ClF4N3O4S. The van der Waals surface area contributed by atoms with Crippen LogP contribution >= 0.6 is 11.6 Å². The Bertz CT molecular complexity index is 1200. The van der Waals surface area contributed by atoms with Gasteiger partial charge in [0.15, 0.2) is 0 Å². The number of carbonyl (C=O) groups is 1. The molecule has 0 saturated heterocycles. The molecule has 0 aliphatic carbocycles. The van der Waals surface area contributed by atoms with Gasteiger partial charge in [0.2, 0.25) is 0 Å². The fourth-order valence-electron chi connectivity index (χ4n) is 2.50. The van der Waals surface area contributed by atoms with Crippen LogP contribution in [-0.4, -0.2) is 37.8 Å². The van der Waals surface area contributed by atoms with E-state index in [1.54, 1.807) is 0 Å². The second-order valence-corrected chi connectivity index (χ2v) is 8.14. The van der Waals surface area contributed by atoms with Crippen LogP contribution < -0.4 is 10.1 Å². The van der Waals surface area contributed by atoms with Crippen molar-refractivity contribution < 1.29 is 35.5 Å². The Morgan fingerprint density at radius 3 is 2.39 bits per heavy atom. The topological polar surface area (TPSA) is 88.1 Å². The third kappa shape index (κ3) is 5.33. The summed E-state index contributed by atoms with van der Waals surface area (Å²) in [6.45, 7) is 0. The third-order valence-electron chi connectivity index (χ3n) is 3.97. The number of anilines is 1. The lowest BCUT2D eigenvalue weighted by atomic mass is 10.1. The Balaban J connectivity index is 1.91. The zero-order valence-electron chi connectivity index (χ0n) is 15.4. The summed E-state index contributed by atoms with van der Waals surface area (Å²) in [5.74, 6) is -2.08. The van der Waals surface area contributed by atoms with Crippen LogP contribution in [0.2, 0.25) is 5.02 Å². The van der Waals surface area contributed by atoms with Gasteiger partial charge in [0.1, 0.15) is 17.3 Å². The van der Waals surface area contributed by atoms with Crippen LogP contribution in [0.25, 0.3) is 0 Å². The molecule has 0 radical (unpaired) electrons. The number of hydrogen-bond acceptors (Lipinski definition) is 4. The molecule has 1 N–H and O–H groups in total. The number of carbonyl (C=O) groups excluding carboxylic acids is 1. The van der Waals surface area contributed by atoms with E-state index in [0.717, 1.165) is 49.5 Å². The molecule has 1 amide bonds. The highest BCUT2D eigenvalue weighted by atomic mass is 35.5. The second-order valence-electron chi connectivity index (χ2n) is 6.11. The molecule has 31 heavy (non-hydrogen) atoms. The molecule has 0 bridgehead atoms. The highest BCUT2D eigenvalue weighted by molar-refractivity contribution is 7.88. The van der Waals surface area contributed by atoms with Crippen molar-refractivity contribution in [3.63, 3.8) is 0 Å². The number of likely N-dealkylation sites (N-methyl/N-ethyl adjacent to an activating group) is 1. The van der Waals surface area contributed by atoms with Gasteiger partial charge in [-0.25, -0.2) is 8.70 Å². The first-order valence-corrected chi connectivity index (χ1v) is 10.1. The van der Waals surface area contributed by atoms with Crippen LogP contribution in [0.15, 0.2) is 58.6 Å². The SMILES string of the molecule is CN1C(C(=O)Nc2ccc(F)c(Cl)c2)=CC(c2ccc(OC(F)(F)F)cc2)=NS1(=O)=O. The molecule has 0 aromatic heterocycles. The van der Waals surface area contributed by atoms with Gasteiger partial charge in [-0.2, -0.15) is 8.42 Å². The minimum absolute atomic E-state index is 0.112. The van der Waals surface area contributed by atoms with Crippen LogP contribution in [0.5, 0.6) is 5.75 Å². The largest absolute Gasteiger partial charge is 0.573 e. The lowest BCUT2D eigenvalue weighted by molar-refractivity contribution is -0.274. The Labute approximate surface area is 178 Å². The Kier molecular flexibility index (Phi) is 5.96. The van der Waals surface area contributed by atoms with Gasteiger partial charge in [-0.3, -0.25) is 4.79 Å². The summed E-state index contributed by atoms with van der Waals surface area (Å²) >= 11 is 5.67. The fraction of sp³-hybridized carbons (Fsp3) is 0.111. The number of benzene rings is 2. The van der Waals surface area contributed by atoms with Crippen molar-refractivity contribution in [1.29, 1.82) is 0 Å². The van der Waals surface area contributed by atoms with Crippen LogP contribution in [0.3, 0.4) is 0 Å². The maximum atomic E-state index is 13.3. The quantitative estimate of drug-likeness (QED) is 0.677. The predicted molar refractivity (Wildman–Crippen MR) is 104 cm³/mol. The third-order valence-corrected chi connectivity index (χ3v) is 5.57. The molecule has 7 nitrogen and oxygen atoms in total. The molecule has 164 valence electrons. The fourth-order valence-corrected chi connectivity index (χ4v) is 3.59. The van der Waals surface area contributed by atoms with Crippen molar-refractivity contribution in [1.82, 2.24) is 4.31 Å². The van der Waals surface area contributed by atoms with E-state index in [0.29, 0.717) is 4.31 Å². The van der Waals surface area contributed by atoms with Gasteiger partial charge < -0.3 is 10.1 Å². The highest BCUT2D eigenvalue weighted by Crippen LogP contribution is 2.26. The normalized spacial score (nSPS) is 15.7. The number of hydrogen-bond donors (Lipinski definition) is 1. The van der Waals surface area contributed by atoms with Gasteiger partial charge in [0.25, 0.3) is 5.91 Å². The number of allylic oxidation sites excluding steroid dienone is 1. The molecule has 0 atom stereocenters. The molecule has 0 spiro atoms. The van der Waals surface area contributed by atoms with Gasteiger partial charge in [-0.05, 0) is 48.5 Å². The second kappa shape index (κ2) is 8.19. The summed E-state index contributed by atoms with van der Waals surface area (Å²) in [5, 5.41) is 2.14. The Hall–Kier alpha value is -3.12. The zero-order valence-corrected chi connectivity index (χ0v) is 17.0. The minimum Gasteiger partial charge on any atom is -0.406 e. The van der Waals surface area contributed by atoms with E-state index in [-0.39, 0.29) is 27.7 Å². The van der Waals surface area contributed by atoms with Crippen molar-refractivity contribution in [2.24, 2.45) is 4.40 Å². The maximum absolute atomic E-state index is 13.3. The summed E-state index contributed by atoms with van der Waals surface area (Å²) in [7, 11) is -3.21. The molecule has 1 aliphatic heterocycles. The number of rotatable bonds is 4. The summed E-state index contributed by atoms with van der Waals surface area (Å²) < 4.78 is 82.8. The standard InChI is InChI=1S/C18H12ClF4N3O4S/c1-26-16(17(27)24-11-4-7-14(20)13(19)8-11)9-15(25-31(26,28)29)10-2-5-12(6-3-10)30-18(21,22)23/h2-9H,1H3,(H,24,27). The van der Waals surface area contributed by atoms with Gasteiger partial charge >= 0.3 is 16.6 Å². The van der Waals surface area contributed by atoms with E-state index in [9.17, 15) is 30.8 Å². The Morgan fingerprint density at radius 1 is 1.16 bits per heavy atom. The first-order chi connectivity index (χ1) is 14.4. The minimum atomic E-state index is -4.88. The monoisotopic (exact) mass is 477 g/mol. The van der Waals surface area contributed by atoms with Crippen LogP contribution in [0.4, 0.5) is 23.2 Å². The van der Waals surface area contributed by atoms with E-state index in [1.165, 1.54) is 6.07 Å². The molecule has 0 unspecified atom stereocenters. The van der Waals surface area contributed by atoms with E-state index in [2.05, 4.69) is 14.5 Å². The molecule has 1 aliphatic rings. The lowest BCUT2D eigenvalue weighted by Crippen LogP contribution is -2.35. The first kappa shape index (κ1) is 22.6. The number of nitrogens with one attached hydrogen (secondary N) is 1. The van der Waals surface area contributed by atoms with E-state index >= 15 is 0 Å². The summed E-state index contributed by atoms with van der Waals surface area (Å²) in [6, 6.07) is 7.66. The predicted octanol–water partition coefficient (Wildman–Crippen LogP) is 3.88. The molecule has 1 heterocycles. The molecule has 2 aromatic carbocycles. The van der Waals surface area contributed by atoms with Crippen molar-refractivity contribution in [3.8, 4) is 5.75 Å². The molecular weight excluding hydrogens is 466 g/mol. The van der Waals surface area contributed by atoms with Crippen LogP contribution in [0.1, 0.15) is 5.56 Å². The average molecular weight is 478 g/mol. The number of amides is 1. The van der Waals surface area contributed by atoms with E-state index in [4.69, 9.17) is 11.6 Å². The molecule has 0 saturated carbocycles. The number of ether oxygens (including phenoxy) is 1. The molecule has 0 fully saturated rings. The summed E-state index contributed by atoms with van der Waals surface area (Å²) in [6.07, 6.45) is -3.74. The number of alkyl halides is 3. The van der Waals surface area contributed by atoms with Gasteiger partial charge in [0.05, 0.1) is 10.7 Å². The average Bonchev–Trinajstić information content (AvgIpc) is 2.66. The molecule has 3 rings (SSSR count). The summed E-state index contributed by atoms with van der Waals surface area (Å²) in [4.78, 5) is 12.6. The van der Waals surface area contributed by atoms with Crippen LogP contribution in [-0.2, 0) is 15.0 Å². The van der Waals surface area contributed by atoms with Gasteiger partial charge in [0, 0.05) is 18.3 Å². The van der Waals surface area contributed by atoms with Crippen molar-refractivity contribution in [2.75, 3.05) is 12.4 Å². The lowest BCUT2D eigenvalue weighted by Gasteiger charge is -2.23.